The fourth-order valence-corrected chi connectivity index (χ4v) is 2.22. The molecule has 1 aliphatic carbocycles. The minimum absolute atomic E-state index is 0.134. The zero-order valence-corrected chi connectivity index (χ0v) is 9.83. The Morgan fingerprint density at radius 1 is 1.44 bits per heavy atom. The topological polar surface area (TPSA) is 69.6 Å². The van der Waals surface area contributed by atoms with Crippen LogP contribution in [0.5, 0.6) is 0 Å². The molecule has 3 N–H and O–H groups in total. The van der Waals surface area contributed by atoms with E-state index in [2.05, 4.69) is 5.32 Å². The van der Waals surface area contributed by atoms with Crippen molar-refractivity contribution in [1.29, 1.82) is 0 Å². The maximum absolute atomic E-state index is 10.8. The van der Waals surface area contributed by atoms with Gasteiger partial charge >= 0.3 is 5.97 Å². The number of carboxylic acids is 1. The van der Waals surface area contributed by atoms with Gasteiger partial charge in [-0.05, 0) is 19.3 Å². The van der Waals surface area contributed by atoms with Crippen molar-refractivity contribution in [3.8, 4) is 0 Å². The molecule has 16 heavy (non-hydrogen) atoms. The molecule has 1 saturated carbocycles. The fourth-order valence-electron chi connectivity index (χ4n) is 2.22. The van der Waals surface area contributed by atoms with Crippen LogP contribution in [0.15, 0.2) is 11.6 Å². The van der Waals surface area contributed by atoms with Crippen LogP contribution in [-0.2, 0) is 4.79 Å². The summed E-state index contributed by atoms with van der Waals surface area (Å²) in [5, 5.41) is 21.5. The lowest BCUT2D eigenvalue weighted by molar-refractivity contribution is -0.132. The van der Waals surface area contributed by atoms with E-state index < -0.39 is 5.97 Å². The summed E-state index contributed by atoms with van der Waals surface area (Å²) in [7, 11) is 0. The summed E-state index contributed by atoms with van der Waals surface area (Å²) in [6.07, 6.45) is 6.46. The summed E-state index contributed by atoms with van der Waals surface area (Å²) in [6, 6.07) is 0. The molecule has 4 heteroatoms. The van der Waals surface area contributed by atoms with Gasteiger partial charge in [0.25, 0.3) is 0 Å². The van der Waals surface area contributed by atoms with Crippen molar-refractivity contribution < 1.29 is 15.0 Å². The largest absolute Gasteiger partial charge is 0.478 e. The predicted molar refractivity (Wildman–Crippen MR) is 62.3 cm³/mol. The number of hydrogen-bond donors (Lipinski definition) is 3. The second-order valence-electron chi connectivity index (χ2n) is 4.41. The van der Waals surface area contributed by atoms with E-state index in [0.29, 0.717) is 18.5 Å². The van der Waals surface area contributed by atoms with Crippen LogP contribution in [0.3, 0.4) is 0 Å². The number of hydrogen-bond acceptors (Lipinski definition) is 3. The number of carboxylic acid groups (broad SMARTS) is 1. The SMILES string of the molecule is CCC(=CCNC1(CO)CCCC1)C(=O)O. The number of aliphatic hydroxyl groups excluding tert-OH is 1. The third kappa shape index (κ3) is 3.32. The molecular formula is C12H21NO3. The third-order valence-corrected chi connectivity index (χ3v) is 3.34. The summed E-state index contributed by atoms with van der Waals surface area (Å²) in [6.45, 7) is 2.49. The molecule has 0 aromatic heterocycles. The molecule has 4 nitrogen and oxygen atoms in total. The van der Waals surface area contributed by atoms with Gasteiger partial charge in [0.2, 0.25) is 0 Å². The molecule has 0 aliphatic heterocycles. The van der Waals surface area contributed by atoms with Gasteiger partial charge in [-0.3, -0.25) is 0 Å². The van der Waals surface area contributed by atoms with E-state index in [1.54, 1.807) is 6.08 Å². The number of aliphatic carboxylic acids is 1. The Hall–Kier alpha value is -0.870. The smallest absolute Gasteiger partial charge is 0.331 e. The highest BCUT2D eigenvalue weighted by atomic mass is 16.4. The van der Waals surface area contributed by atoms with Crippen molar-refractivity contribution in [3.63, 3.8) is 0 Å². The number of aliphatic hydroxyl groups is 1. The van der Waals surface area contributed by atoms with Gasteiger partial charge in [-0.25, -0.2) is 4.79 Å². The van der Waals surface area contributed by atoms with Crippen molar-refractivity contribution in [2.45, 2.75) is 44.6 Å². The minimum atomic E-state index is -0.853. The first-order valence-corrected chi connectivity index (χ1v) is 5.92. The van der Waals surface area contributed by atoms with E-state index in [9.17, 15) is 9.90 Å². The first-order chi connectivity index (χ1) is 7.63. The van der Waals surface area contributed by atoms with Crippen LogP contribution in [0.4, 0.5) is 0 Å². The van der Waals surface area contributed by atoms with Crippen molar-refractivity contribution >= 4 is 5.97 Å². The van der Waals surface area contributed by atoms with Crippen LogP contribution in [0, 0.1) is 0 Å². The van der Waals surface area contributed by atoms with Gasteiger partial charge < -0.3 is 15.5 Å². The first kappa shape index (κ1) is 13.2. The molecule has 92 valence electrons. The lowest BCUT2D eigenvalue weighted by atomic mass is 9.99. The lowest BCUT2D eigenvalue weighted by Crippen LogP contribution is -2.46. The second kappa shape index (κ2) is 6.01. The Morgan fingerprint density at radius 3 is 2.50 bits per heavy atom. The standard InChI is InChI=1S/C12H21NO3/c1-2-10(11(15)16)5-8-13-12(9-14)6-3-4-7-12/h5,13-14H,2-4,6-9H2,1H3,(H,15,16). The predicted octanol–water partition coefficient (Wildman–Crippen LogP) is 1.30. The van der Waals surface area contributed by atoms with E-state index >= 15 is 0 Å². The van der Waals surface area contributed by atoms with Crippen molar-refractivity contribution in [1.82, 2.24) is 5.32 Å². The Labute approximate surface area is 96.4 Å². The molecule has 0 unspecified atom stereocenters. The molecular weight excluding hydrogens is 206 g/mol. The molecule has 0 spiro atoms. The normalized spacial score (nSPS) is 20.0. The maximum atomic E-state index is 10.8. The molecule has 0 atom stereocenters. The monoisotopic (exact) mass is 227 g/mol. The summed E-state index contributed by atoms with van der Waals surface area (Å²) >= 11 is 0. The summed E-state index contributed by atoms with van der Waals surface area (Å²) in [5.41, 5.74) is 0.256. The van der Waals surface area contributed by atoms with Gasteiger partial charge in [-0.15, -0.1) is 0 Å². The molecule has 1 aliphatic rings. The molecule has 0 aromatic carbocycles. The third-order valence-electron chi connectivity index (χ3n) is 3.34. The molecule has 1 fully saturated rings. The second-order valence-corrected chi connectivity index (χ2v) is 4.41. The van der Waals surface area contributed by atoms with E-state index in [0.717, 1.165) is 25.7 Å². The van der Waals surface area contributed by atoms with Crippen molar-refractivity contribution in [3.05, 3.63) is 11.6 Å². The quantitative estimate of drug-likeness (QED) is 0.598. The highest BCUT2D eigenvalue weighted by Gasteiger charge is 2.31. The van der Waals surface area contributed by atoms with Crippen LogP contribution in [-0.4, -0.2) is 34.9 Å². The van der Waals surface area contributed by atoms with Gasteiger partial charge in [0.1, 0.15) is 0 Å². The van der Waals surface area contributed by atoms with Gasteiger partial charge in [0.15, 0.2) is 0 Å². The van der Waals surface area contributed by atoms with Crippen LogP contribution in [0.25, 0.3) is 0 Å². The maximum Gasteiger partial charge on any atom is 0.331 e. The first-order valence-electron chi connectivity index (χ1n) is 5.92. The number of rotatable bonds is 6. The molecule has 0 heterocycles. The van der Waals surface area contributed by atoms with Crippen molar-refractivity contribution in [2.75, 3.05) is 13.2 Å². The van der Waals surface area contributed by atoms with Crippen LogP contribution < -0.4 is 5.32 Å². The summed E-state index contributed by atoms with van der Waals surface area (Å²) in [5.74, 6) is -0.853. The van der Waals surface area contributed by atoms with E-state index in [1.807, 2.05) is 6.92 Å². The Kier molecular flexibility index (Phi) is 4.96. The Bertz CT molecular complexity index is 267. The Morgan fingerprint density at radius 2 is 2.06 bits per heavy atom. The summed E-state index contributed by atoms with van der Waals surface area (Å²) < 4.78 is 0. The van der Waals surface area contributed by atoms with Crippen molar-refractivity contribution in [2.24, 2.45) is 0 Å². The number of carbonyl (C=O) groups is 1. The van der Waals surface area contributed by atoms with E-state index in [1.165, 1.54) is 0 Å². The molecule has 0 aromatic rings. The Balaban J connectivity index is 2.46. The van der Waals surface area contributed by atoms with Gasteiger partial charge in [0.05, 0.1) is 6.61 Å². The fraction of sp³-hybridized carbons (Fsp3) is 0.750. The zero-order valence-electron chi connectivity index (χ0n) is 9.83. The molecule has 0 amide bonds. The van der Waals surface area contributed by atoms with Gasteiger partial charge in [0, 0.05) is 17.7 Å². The summed E-state index contributed by atoms with van der Waals surface area (Å²) in [4.78, 5) is 10.8. The van der Waals surface area contributed by atoms with Gasteiger partial charge in [-0.2, -0.15) is 0 Å². The number of nitrogens with one attached hydrogen (secondary N) is 1. The highest BCUT2D eigenvalue weighted by Crippen LogP contribution is 2.28. The lowest BCUT2D eigenvalue weighted by Gasteiger charge is -2.27. The van der Waals surface area contributed by atoms with E-state index in [4.69, 9.17) is 5.11 Å². The molecule has 1 rings (SSSR count). The van der Waals surface area contributed by atoms with Crippen LogP contribution in [0.1, 0.15) is 39.0 Å². The van der Waals surface area contributed by atoms with Gasteiger partial charge in [-0.1, -0.05) is 25.8 Å². The zero-order chi connectivity index (χ0) is 12.0. The van der Waals surface area contributed by atoms with Crippen LogP contribution >= 0.6 is 0 Å². The average Bonchev–Trinajstić information content (AvgIpc) is 2.73. The highest BCUT2D eigenvalue weighted by molar-refractivity contribution is 5.86. The average molecular weight is 227 g/mol. The molecule has 0 saturated heterocycles. The molecule has 0 radical (unpaired) electrons. The van der Waals surface area contributed by atoms with E-state index in [-0.39, 0.29) is 12.1 Å². The molecule has 0 bridgehead atoms. The minimum Gasteiger partial charge on any atom is -0.478 e. The van der Waals surface area contributed by atoms with Crippen LogP contribution in [0.2, 0.25) is 0 Å².